The lowest BCUT2D eigenvalue weighted by Gasteiger charge is -2.18. The van der Waals surface area contributed by atoms with E-state index < -0.39 is 0 Å². The molecule has 2 heterocycles. The molecule has 1 aromatic carbocycles. The molecule has 1 unspecified atom stereocenters. The van der Waals surface area contributed by atoms with Crippen molar-refractivity contribution in [1.29, 1.82) is 0 Å². The summed E-state index contributed by atoms with van der Waals surface area (Å²) in [5.41, 5.74) is 0.501. The monoisotopic (exact) mass is 370 g/mol. The predicted octanol–water partition coefficient (Wildman–Crippen LogP) is 1.04. The molecule has 8 nitrogen and oxygen atoms in total. The van der Waals surface area contributed by atoms with Crippen LogP contribution in [0.2, 0.25) is 0 Å². The summed E-state index contributed by atoms with van der Waals surface area (Å²) in [4.78, 5) is 33.0. The molecule has 142 valence electrons. The number of aromatic nitrogens is 3. The second kappa shape index (κ2) is 8.59. The van der Waals surface area contributed by atoms with E-state index in [0.717, 1.165) is 24.3 Å². The van der Waals surface area contributed by atoms with Crippen molar-refractivity contribution in [2.45, 2.75) is 33.2 Å². The Kier molecular flexibility index (Phi) is 5.97. The highest BCUT2D eigenvalue weighted by Crippen LogP contribution is 2.06. The maximum Gasteiger partial charge on any atom is 0.280 e. The van der Waals surface area contributed by atoms with Crippen molar-refractivity contribution < 1.29 is 14.2 Å². The second-order valence-corrected chi connectivity index (χ2v) is 6.61. The largest absolute Gasteiger partial charge is 0.360 e. The molecule has 3 rings (SSSR count). The molecule has 0 saturated carbocycles. The van der Waals surface area contributed by atoms with Crippen LogP contribution in [0.5, 0.6) is 0 Å². The summed E-state index contributed by atoms with van der Waals surface area (Å²) in [6, 6.07) is 8.91. The van der Waals surface area contributed by atoms with Gasteiger partial charge in [0.05, 0.1) is 17.4 Å². The zero-order valence-corrected chi connectivity index (χ0v) is 15.5. The number of aromatic amines is 1. The van der Waals surface area contributed by atoms with E-state index >= 15 is 0 Å². The van der Waals surface area contributed by atoms with Crippen molar-refractivity contribution in [2.24, 2.45) is 0 Å². The van der Waals surface area contributed by atoms with Crippen LogP contribution in [0, 0.1) is 6.92 Å². The van der Waals surface area contributed by atoms with Gasteiger partial charge in [0, 0.05) is 6.07 Å². The zero-order valence-electron chi connectivity index (χ0n) is 15.5. The SMILES string of the molecule is CCCC[NH+](CC(=O)Nc1cc(C)on1)Cc1nc2ccccc2c(=O)[nH]1. The first-order valence-electron chi connectivity index (χ1n) is 9.10. The molecule has 1 atom stereocenters. The Morgan fingerprint density at radius 3 is 2.89 bits per heavy atom. The van der Waals surface area contributed by atoms with Crippen LogP contribution in [0.1, 0.15) is 31.4 Å². The number of hydrogen-bond acceptors (Lipinski definition) is 5. The number of fused-ring (bicyclic) bond motifs is 1. The summed E-state index contributed by atoms with van der Waals surface area (Å²) in [5, 5.41) is 7.08. The lowest BCUT2D eigenvalue weighted by molar-refractivity contribution is -0.906. The number of aryl methyl sites for hydroxylation is 1. The van der Waals surface area contributed by atoms with Gasteiger partial charge >= 0.3 is 0 Å². The van der Waals surface area contributed by atoms with Crippen LogP contribution < -0.4 is 15.8 Å². The van der Waals surface area contributed by atoms with Crippen LogP contribution in [0.25, 0.3) is 10.9 Å². The van der Waals surface area contributed by atoms with Crippen LogP contribution in [0.4, 0.5) is 5.82 Å². The molecule has 0 bridgehead atoms. The number of anilines is 1. The van der Waals surface area contributed by atoms with Gasteiger partial charge < -0.3 is 19.7 Å². The topological polar surface area (TPSA) is 105 Å². The highest BCUT2D eigenvalue weighted by molar-refractivity contribution is 5.90. The average molecular weight is 370 g/mol. The number of rotatable bonds is 8. The molecular formula is C19H24N5O3+. The van der Waals surface area contributed by atoms with Crippen LogP contribution >= 0.6 is 0 Å². The lowest BCUT2D eigenvalue weighted by Crippen LogP contribution is -3.12. The van der Waals surface area contributed by atoms with Crippen LogP contribution in [0.3, 0.4) is 0 Å². The van der Waals surface area contributed by atoms with Gasteiger partial charge in [-0.25, -0.2) is 4.98 Å². The molecule has 27 heavy (non-hydrogen) atoms. The number of amides is 1. The van der Waals surface area contributed by atoms with Crippen molar-refractivity contribution >= 4 is 22.6 Å². The van der Waals surface area contributed by atoms with Crippen molar-refractivity contribution in [1.82, 2.24) is 15.1 Å². The number of para-hydroxylation sites is 1. The zero-order chi connectivity index (χ0) is 19.2. The molecule has 8 heteroatoms. The minimum absolute atomic E-state index is 0.155. The normalized spacial score (nSPS) is 12.2. The fraction of sp³-hybridized carbons (Fsp3) is 0.368. The van der Waals surface area contributed by atoms with Gasteiger partial charge in [-0.2, -0.15) is 0 Å². The third-order valence-electron chi connectivity index (χ3n) is 4.27. The molecule has 0 aliphatic heterocycles. The minimum Gasteiger partial charge on any atom is -0.360 e. The number of nitrogens with one attached hydrogen (secondary N) is 3. The summed E-state index contributed by atoms with van der Waals surface area (Å²) < 4.78 is 4.96. The molecule has 0 radical (unpaired) electrons. The van der Waals surface area contributed by atoms with Crippen molar-refractivity contribution in [3.05, 3.63) is 52.3 Å². The fourth-order valence-electron chi connectivity index (χ4n) is 2.96. The molecule has 1 amide bonds. The first-order chi connectivity index (χ1) is 13.0. The van der Waals surface area contributed by atoms with Gasteiger partial charge in [0.2, 0.25) is 0 Å². The Bertz CT molecular complexity index is 979. The Hall–Kier alpha value is -3.00. The van der Waals surface area contributed by atoms with Crippen molar-refractivity contribution in [2.75, 3.05) is 18.4 Å². The van der Waals surface area contributed by atoms with E-state index in [2.05, 4.69) is 27.4 Å². The Balaban J connectivity index is 1.72. The minimum atomic E-state index is -0.159. The highest BCUT2D eigenvalue weighted by Gasteiger charge is 2.17. The molecule has 0 spiro atoms. The number of carbonyl (C=O) groups is 1. The van der Waals surface area contributed by atoms with Gasteiger partial charge in [-0.3, -0.25) is 9.59 Å². The summed E-state index contributed by atoms with van der Waals surface area (Å²) in [5.74, 6) is 1.47. The summed E-state index contributed by atoms with van der Waals surface area (Å²) in [6.07, 6.45) is 2.00. The molecule has 2 aromatic heterocycles. The number of benzene rings is 1. The van der Waals surface area contributed by atoms with Gasteiger partial charge in [-0.05, 0) is 25.5 Å². The number of hydrogen-bond donors (Lipinski definition) is 3. The van der Waals surface area contributed by atoms with E-state index in [1.165, 1.54) is 0 Å². The van der Waals surface area contributed by atoms with Crippen molar-refractivity contribution in [3.8, 4) is 0 Å². The molecule has 0 fully saturated rings. The first-order valence-corrected chi connectivity index (χ1v) is 9.10. The maximum atomic E-state index is 12.4. The summed E-state index contributed by atoms with van der Waals surface area (Å²) in [7, 11) is 0. The van der Waals surface area contributed by atoms with Gasteiger partial charge in [-0.15, -0.1) is 0 Å². The number of unbranched alkanes of at least 4 members (excludes halogenated alkanes) is 1. The standard InChI is InChI=1S/C19H23N5O3/c1-3-4-9-24(12-18(25)21-16-10-13(2)27-23-16)11-17-20-15-8-6-5-7-14(15)19(26)22-17/h5-8,10H,3-4,9,11-12H2,1-2H3,(H,20,22,26)(H,21,23,25)/p+1. The van der Waals surface area contributed by atoms with Crippen LogP contribution in [0.15, 0.2) is 39.6 Å². The third-order valence-corrected chi connectivity index (χ3v) is 4.27. The molecule has 0 saturated heterocycles. The fourth-order valence-corrected chi connectivity index (χ4v) is 2.96. The van der Waals surface area contributed by atoms with Gasteiger partial charge in [0.25, 0.3) is 11.5 Å². The van der Waals surface area contributed by atoms with Crippen molar-refractivity contribution in [3.63, 3.8) is 0 Å². The van der Waals surface area contributed by atoms with Gasteiger partial charge in [0.15, 0.2) is 18.2 Å². The van der Waals surface area contributed by atoms with E-state index in [1.54, 1.807) is 19.1 Å². The number of H-pyrrole nitrogens is 1. The smallest absolute Gasteiger partial charge is 0.280 e. The van der Waals surface area contributed by atoms with Gasteiger partial charge in [0.1, 0.15) is 12.3 Å². The first kappa shape index (κ1) is 18.8. The van der Waals surface area contributed by atoms with E-state index in [1.807, 2.05) is 18.2 Å². The maximum absolute atomic E-state index is 12.4. The predicted molar refractivity (Wildman–Crippen MR) is 102 cm³/mol. The van der Waals surface area contributed by atoms with Crippen LogP contribution in [-0.4, -0.2) is 34.1 Å². The number of quaternary nitrogens is 1. The Morgan fingerprint density at radius 2 is 2.15 bits per heavy atom. The van der Waals surface area contributed by atoms with Gasteiger partial charge in [-0.1, -0.05) is 30.6 Å². The van der Waals surface area contributed by atoms with Crippen LogP contribution in [-0.2, 0) is 11.3 Å². The Labute approximate surface area is 156 Å². The van der Waals surface area contributed by atoms with E-state index in [-0.39, 0.29) is 18.0 Å². The molecule has 0 aliphatic rings. The number of carbonyl (C=O) groups excluding carboxylic acids is 1. The third kappa shape index (κ3) is 5.01. The molecular weight excluding hydrogens is 346 g/mol. The summed E-state index contributed by atoms with van der Waals surface area (Å²) >= 11 is 0. The number of nitrogens with zero attached hydrogens (tertiary/aromatic N) is 2. The molecule has 0 aliphatic carbocycles. The second-order valence-electron chi connectivity index (χ2n) is 6.61. The molecule has 3 N–H and O–H groups in total. The quantitative estimate of drug-likeness (QED) is 0.550. The van der Waals surface area contributed by atoms with E-state index in [9.17, 15) is 9.59 Å². The van der Waals surface area contributed by atoms with E-state index in [4.69, 9.17) is 4.52 Å². The average Bonchev–Trinajstić information content (AvgIpc) is 3.04. The van der Waals surface area contributed by atoms with E-state index in [0.29, 0.717) is 34.9 Å². The highest BCUT2D eigenvalue weighted by atomic mass is 16.5. The molecule has 3 aromatic rings. The summed E-state index contributed by atoms with van der Waals surface area (Å²) in [6.45, 7) is 5.39. The lowest BCUT2D eigenvalue weighted by atomic mass is 10.2. The Morgan fingerprint density at radius 1 is 1.33 bits per heavy atom.